The fourth-order valence-electron chi connectivity index (χ4n) is 2.41. The average molecular weight is 322 g/mol. The molecule has 1 aromatic heterocycles. The van der Waals surface area contributed by atoms with Crippen molar-refractivity contribution < 1.29 is 21.9 Å². The van der Waals surface area contributed by atoms with Crippen LogP contribution in [0.5, 0.6) is 5.75 Å². The Kier molecular flexibility index (Phi) is 3.40. The summed E-state index contributed by atoms with van der Waals surface area (Å²) in [5.74, 6) is 0.321. The monoisotopic (exact) mass is 322 g/mol. The molecule has 0 aliphatic carbocycles. The highest BCUT2D eigenvalue weighted by Crippen LogP contribution is 2.29. The maximum absolute atomic E-state index is 12.3. The first-order valence-corrected chi connectivity index (χ1v) is 8.08. The standard InChI is InChI=1S/C14H14N2O5S/c1-8-14(9(2)20-16-8)22(18,19)21-11-4-5-12-10(7-11)3-6-13(17)15-12/h4-5,7H,3,6H2,1-2H3,(H,15,17). The Hall–Kier alpha value is -2.35. The van der Waals surface area contributed by atoms with Crippen molar-refractivity contribution in [3.63, 3.8) is 0 Å². The molecule has 1 aliphatic heterocycles. The Morgan fingerprint density at radius 1 is 1.27 bits per heavy atom. The second-order valence-corrected chi connectivity index (χ2v) is 6.54. The minimum Gasteiger partial charge on any atom is -0.379 e. The largest absolute Gasteiger partial charge is 0.379 e. The van der Waals surface area contributed by atoms with Gasteiger partial charge in [0.1, 0.15) is 11.4 Å². The number of rotatable bonds is 3. The third kappa shape index (κ3) is 2.57. The summed E-state index contributed by atoms with van der Waals surface area (Å²) in [6.45, 7) is 3.05. The first kappa shape index (κ1) is 14.6. The van der Waals surface area contributed by atoms with Crippen LogP contribution in [0, 0.1) is 13.8 Å². The smallest absolute Gasteiger partial charge is 0.344 e. The summed E-state index contributed by atoms with van der Waals surface area (Å²) in [6, 6.07) is 4.75. The molecule has 0 bridgehead atoms. The predicted octanol–water partition coefficient (Wildman–Crippen LogP) is 1.94. The SMILES string of the molecule is Cc1noc(C)c1S(=O)(=O)Oc1ccc2c(c1)CCC(=O)N2. The molecular formula is C14H14N2O5S. The molecule has 0 fully saturated rings. The minimum atomic E-state index is -4.01. The van der Waals surface area contributed by atoms with Crippen LogP contribution in [0.4, 0.5) is 5.69 Å². The fraction of sp³-hybridized carbons (Fsp3) is 0.286. The molecule has 2 aromatic rings. The van der Waals surface area contributed by atoms with Gasteiger partial charge in [-0.3, -0.25) is 4.79 Å². The number of nitrogens with one attached hydrogen (secondary N) is 1. The van der Waals surface area contributed by atoms with E-state index in [1.165, 1.54) is 19.9 Å². The van der Waals surface area contributed by atoms with E-state index in [0.717, 1.165) is 5.56 Å². The molecule has 1 amide bonds. The minimum absolute atomic E-state index is 0.0514. The number of fused-ring (bicyclic) bond motifs is 1. The molecule has 8 heteroatoms. The van der Waals surface area contributed by atoms with Crippen molar-refractivity contribution in [2.45, 2.75) is 31.6 Å². The summed E-state index contributed by atoms with van der Waals surface area (Å²) < 4.78 is 34.7. The van der Waals surface area contributed by atoms with Gasteiger partial charge in [0.15, 0.2) is 10.7 Å². The molecule has 0 spiro atoms. The molecule has 0 atom stereocenters. The summed E-state index contributed by atoms with van der Waals surface area (Å²) in [5.41, 5.74) is 1.77. The molecule has 0 unspecified atom stereocenters. The number of anilines is 1. The number of aromatic nitrogens is 1. The lowest BCUT2D eigenvalue weighted by molar-refractivity contribution is -0.116. The van der Waals surface area contributed by atoms with Crippen LogP contribution in [0.25, 0.3) is 0 Å². The third-order valence-corrected chi connectivity index (χ3v) is 4.89. The van der Waals surface area contributed by atoms with Crippen LogP contribution in [-0.4, -0.2) is 19.5 Å². The van der Waals surface area contributed by atoms with E-state index >= 15 is 0 Å². The lowest BCUT2D eigenvalue weighted by Gasteiger charge is -2.17. The molecule has 1 aliphatic rings. The third-order valence-electron chi connectivity index (χ3n) is 3.40. The molecule has 22 heavy (non-hydrogen) atoms. The van der Waals surface area contributed by atoms with Crippen LogP contribution in [0.3, 0.4) is 0 Å². The zero-order valence-corrected chi connectivity index (χ0v) is 12.9. The van der Waals surface area contributed by atoms with Gasteiger partial charge in [-0.15, -0.1) is 0 Å². The van der Waals surface area contributed by atoms with Crippen molar-refractivity contribution in [2.75, 3.05) is 5.32 Å². The number of amides is 1. The van der Waals surface area contributed by atoms with Gasteiger partial charge in [-0.05, 0) is 44.0 Å². The molecule has 0 radical (unpaired) electrons. The highest BCUT2D eigenvalue weighted by molar-refractivity contribution is 7.87. The number of nitrogens with zero attached hydrogens (tertiary/aromatic N) is 1. The first-order valence-electron chi connectivity index (χ1n) is 6.67. The quantitative estimate of drug-likeness (QED) is 0.867. The Labute approximate surface area is 127 Å². The van der Waals surface area contributed by atoms with Gasteiger partial charge in [0.2, 0.25) is 5.91 Å². The van der Waals surface area contributed by atoms with Crippen LogP contribution in [0.2, 0.25) is 0 Å². The maximum Gasteiger partial charge on any atom is 0.344 e. The first-order chi connectivity index (χ1) is 10.4. The molecule has 116 valence electrons. The van der Waals surface area contributed by atoms with Crippen LogP contribution in [0.1, 0.15) is 23.4 Å². The highest BCUT2D eigenvalue weighted by atomic mass is 32.2. The van der Waals surface area contributed by atoms with Gasteiger partial charge in [0, 0.05) is 12.1 Å². The van der Waals surface area contributed by atoms with Gasteiger partial charge in [-0.2, -0.15) is 8.42 Å². The summed E-state index contributed by atoms with van der Waals surface area (Å²) in [6.07, 6.45) is 0.913. The average Bonchev–Trinajstić information content (AvgIpc) is 2.78. The van der Waals surface area contributed by atoms with E-state index in [1.54, 1.807) is 12.1 Å². The number of carbonyl (C=O) groups is 1. The molecule has 2 heterocycles. The van der Waals surface area contributed by atoms with Gasteiger partial charge in [0.05, 0.1) is 0 Å². The molecule has 1 N–H and O–H groups in total. The summed E-state index contributed by atoms with van der Waals surface area (Å²) in [5, 5.41) is 6.35. The number of hydrogen-bond acceptors (Lipinski definition) is 6. The normalized spacial score (nSPS) is 14.4. The van der Waals surface area contributed by atoms with Gasteiger partial charge >= 0.3 is 10.1 Å². The van der Waals surface area contributed by atoms with Gasteiger partial charge in [-0.1, -0.05) is 5.16 Å². The second-order valence-electron chi connectivity index (χ2n) is 5.06. The van der Waals surface area contributed by atoms with E-state index in [9.17, 15) is 13.2 Å². The summed E-state index contributed by atoms with van der Waals surface area (Å²) >= 11 is 0. The zero-order valence-electron chi connectivity index (χ0n) is 12.0. The number of aryl methyl sites for hydroxylation is 3. The number of hydrogen-bond donors (Lipinski definition) is 1. The molecular weight excluding hydrogens is 308 g/mol. The van der Waals surface area contributed by atoms with Crippen molar-refractivity contribution in [3.05, 3.63) is 35.2 Å². The zero-order chi connectivity index (χ0) is 15.9. The van der Waals surface area contributed by atoms with Crippen LogP contribution < -0.4 is 9.50 Å². The summed E-state index contributed by atoms with van der Waals surface area (Å²) in [7, 11) is -4.01. The Morgan fingerprint density at radius 2 is 2.05 bits per heavy atom. The molecule has 1 aromatic carbocycles. The van der Waals surface area contributed by atoms with Crippen molar-refractivity contribution in [2.24, 2.45) is 0 Å². The molecule has 7 nitrogen and oxygen atoms in total. The second kappa shape index (κ2) is 5.13. The van der Waals surface area contributed by atoms with Crippen LogP contribution in [-0.2, 0) is 21.3 Å². The topological polar surface area (TPSA) is 98.5 Å². The van der Waals surface area contributed by atoms with Gasteiger partial charge in [-0.25, -0.2) is 0 Å². The van der Waals surface area contributed by atoms with Crippen LogP contribution >= 0.6 is 0 Å². The molecule has 0 saturated heterocycles. The number of carbonyl (C=O) groups excluding carboxylic acids is 1. The van der Waals surface area contributed by atoms with Crippen molar-refractivity contribution in [1.82, 2.24) is 5.16 Å². The Morgan fingerprint density at radius 3 is 2.73 bits per heavy atom. The van der Waals surface area contributed by atoms with Crippen molar-refractivity contribution in [1.29, 1.82) is 0 Å². The lowest BCUT2D eigenvalue weighted by atomic mass is 10.0. The van der Waals surface area contributed by atoms with E-state index in [-0.39, 0.29) is 28.0 Å². The van der Waals surface area contributed by atoms with Crippen molar-refractivity contribution >= 4 is 21.7 Å². The van der Waals surface area contributed by atoms with E-state index < -0.39 is 10.1 Å². The van der Waals surface area contributed by atoms with E-state index in [0.29, 0.717) is 18.5 Å². The summed E-state index contributed by atoms with van der Waals surface area (Å²) in [4.78, 5) is 11.3. The van der Waals surface area contributed by atoms with E-state index in [4.69, 9.17) is 8.71 Å². The Bertz CT molecular complexity index is 835. The van der Waals surface area contributed by atoms with Gasteiger partial charge < -0.3 is 14.0 Å². The van der Waals surface area contributed by atoms with Crippen LogP contribution in [0.15, 0.2) is 27.6 Å². The number of benzene rings is 1. The predicted molar refractivity (Wildman–Crippen MR) is 77.2 cm³/mol. The molecule has 3 rings (SSSR count). The lowest BCUT2D eigenvalue weighted by Crippen LogP contribution is -2.19. The van der Waals surface area contributed by atoms with E-state index in [2.05, 4.69) is 10.5 Å². The maximum atomic E-state index is 12.3. The van der Waals surface area contributed by atoms with Crippen molar-refractivity contribution in [3.8, 4) is 5.75 Å². The Balaban J connectivity index is 1.92. The fourth-order valence-corrected chi connectivity index (χ4v) is 3.64. The van der Waals surface area contributed by atoms with Gasteiger partial charge in [0.25, 0.3) is 0 Å². The highest BCUT2D eigenvalue weighted by Gasteiger charge is 2.27. The van der Waals surface area contributed by atoms with E-state index in [1.807, 2.05) is 0 Å². The molecule has 0 saturated carbocycles.